The molecule has 1 aliphatic carbocycles. The average Bonchev–Trinajstić information content (AvgIpc) is 2.16. The number of nitrogens with zero attached hydrogens (tertiary/aromatic N) is 1. The molecule has 2 fully saturated rings. The molecule has 14 heavy (non-hydrogen) atoms. The van der Waals surface area contributed by atoms with Crippen LogP contribution < -0.4 is 5.73 Å². The summed E-state index contributed by atoms with van der Waals surface area (Å²) in [6, 6.07) is 0.317. The van der Waals surface area contributed by atoms with Crippen molar-refractivity contribution < 1.29 is 4.79 Å². The Bertz CT molecular complexity index is 238. The smallest absolute Gasteiger partial charge is 0.245 e. The molecule has 0 radical (unpaired) electrons. The minimum absolute atomic E-state index is 0.0637. The molecule has 2 unspecified atom stereocenters. The van der Waals surface area contributed by atoms with E-state index < -0.39 is 0 Å². The first-order valence-corrected chi connectivity index (χ1v) is 5.39. The van der Waals surface area contributed by atoms with Gasteiger partial charge in [-0.25, -0.2) is 0 Å². The summed E-state index contributed by atoms with van der Waals surface area (Å²) in [6.07, 6.45) is 5.04. The Kier molecular flexibility index (Phi) is 2.59. The van der Waals surface area contributed by atoms with Gasteiger partial charge in [0.05, 0.1) is 0 Å². The van der Waals surface area contributed by atoms with E-state index in [-0.39, 0.29) is 5.91 Å². The molecule has 1 saturated carbocycles. The second-order valence-corrected chi connectivity index (χ2v) is 4.48. The fourth-order valence-electron chi connectivity index (χ4n) is 2.79. The van der Waals surface area contributed by atoms with Crippen LogP contribution >= 0.6 is 0 Å². The van der Waals surface area contributed by atoms with Gasteiger partial charge in [0.15, 0.2) is 0 Å². The molecule has 2 rings (SSSR count). The first-order chi connectivity index (χ1) is 6.72. The molecule has 0 aromatic carbocycles. The van der Waals surface area contributed by atoms with Gasteiger partial charge in [-0.1, -0.05) is 13.0 Å². The van der Waals surface area contributed by atoms with Gasteiger partial charge in [-0.15, -0.1) is 0 Å². The number of nitrogens with two attached hydrogens (primary N) is 1. The van der Waals surface area contributed by atoms with E-state index in [0.717, 1.165) is 13.1 Å². The molecule has 2 bridgehead atoms. The van der Waals surface area contributed by atoms with E-state index >= 15 is 0 Å². The molecule has 3 heteroatoms. The third-order valence-corrected chi connectivity index (χ3v) is 3.63. The van der Waals surface area contributed by atoms with Crippen molar-refractivity contribution in [2.45, 2.75) is 25.3 Å². The highest BCUT2D eigenvalue weighted by Crippen LogP contribution is 2.33. The summed E-state index contributed by atoms with van der Waals surface area (Å²) in [5.74, 6) is 1.10. The van der Waals surface area contributed by atoms with Gasteiger partial charge in [0, 0.05) is 19.1 Å². The molecule has 0 spiro atoms. The van der Waals surface area contributed by atoms with Crippen molar-refractivity contribution in [3.05, 3.63) is 12.7 Å². The Morgan fingerprint density at radius 2 is 1.93 bits per heavy atom. The maximum atomic E-state index is 11.5. The fourth-order valence-corrected chi connectivity index (χ4v) is 2.79. The molecule has 2 aliphatic rings. The van der Waals surface area contributed by atoms with Gasteiger partial charge in [-0.3, -0.25) is 4.79 Å². The van der Waals surface area contributed by atoms with Crippen molar-refractivity contribution in [1.29, 1.82) is 0 Å². The number of amides is 1. The molecule has 1 aliphatic heterocycles. The van der Waals surface area contributed by atoms with E-state index in [1.54, 1.807) is 0 Å². The molecule has 1 heterocycles. The minimum atomic E-state index is 0.0637. The van der Waals surface area contributed by atoms with Crippen molar-refractivity contribution in [3.8, 4) is 0 Å². The summed E-state index contributed by atoms with van der Waals surface area (Å²) in [5.41, 5.74) is 6.12. The van der Waals surface area contributed by atoms with Crippen LogP contribution in [-0.2, 0) is 4.79 Å². The second kappa shape index (κ2) is 3.73. The molecule has 0 aromatic heterocycles. The van der Waals surface area contributed by atoms with Gasteiger partial charge < -0.3 is 10.6 Å². The lowest BCUT2D eigenvalue weighted by molar-refractivity contribution is -0.130. The molecule has 0 aromatic rings. The summed E-state index contributed by atoms with van der Waals surface area (Å²) in [7, 11) is 0. The average molecular weight is 194 g/mol. The SMILES string of the molecule is C=CC(=O)N1CC2CCCC(C1)C2N. The molecule has 1 amide bonds. The van der Waals surface area contributed by atoms with E-state index in [9.17, 15) is 4.79 Å². The third-order valence-electron chi connectivity index (χ3n) is 3.63. The van der Waals surface area contributed by atoms with E-state index in [0.29, 0.717) is 17.9 Å². The van der Waals surface area contributed by atoms with Crippen molar-refractivity contribution >= 4 is 5.91 Å². The number of rotatable bonds is 1. The van der Waals surface area contributed by atoms with Gasteiger partial charge >= 0.3 is 0 Å². The molecule has 2 atom stereocenters. The lowest BCUT2D eigenvalue weighted by Crippen LogP contribution is -2.56. The van der Waals surface area contributed by atoms with Crippen LogP contribution in [-0.4, -0.2) is 29.9 Å². The summed E-state index contributed by atoms with van der Waals surface area (Å²) in [4.78, 5) is 13.4. The number of carbonyl (C=O) groups is 1. The lowest BCUT2D eigenvalue weighted by Gasteiger charge is -2.45. The topological polar surface area (TPSA) is 46.3 Å². The summed E-state index contributed by atoms with van der Waals surface area (Å²) >= 11 is 0. The van der Waals surface area contributed by atoms with Crippen LogP contribution in [0.15, 0.2) is 12.7 Å². The van der Waals surface area contributed by atoms with Crippen molar-refractivity contribution in [2.75, 3.05) is 13.1 Å². The highest BCUT2D eigenvalue weighted by molar-refractivity contribution is 5.87. The molecule has 3 nitrogen and oxygen atoms in total. The van der Waals surface area contributed by atoms with Crippen LogP contribution in [0, 0.1) is 11.8 Å². The normalized spacial score (nSPS) is 36.6. The van der Waals surface area contributed by atoms with E-state index in [1.807, 2.05) is 4.90 Å². The molecule has 78 valence electrons. The van der Waals surface area contributed by atoms with E-state index in [4.69, 9.17) is 5.73 Å². The van der Waals surface area contributed by atoms with Gasteiger partial charge in [0.2, 0.25) is 5.91 Å². The van der Waals surface area contributed by atoms with Gasteiger partial charge in [-0.05, 0) is 30.8 Å². The largest absolute Gasteiger partial charge is 0.339 e. The Balaban J connectivity index is 2.07. The molecular weight excluding hydrogens is 176 g/mol. The minimum Gasteiger partial charge on any atom is -0.339 e. The Labute approximate surface area is 84.9 Å². The molecule has 2 N–H and O–H groups in total. The predicted octanol–water partition coefficient (Wildman–Crippen LogP) is 0.758. The number of hydrogen-bond acceptors (Lipinski definition) is 2. The summed E-state index contributed by atoms with van der Waals surface area (Å²) in [6.45, 7) is 5.20. The van der Waals surface area contributed by atoms with Crippen LogP contribution in [0.25, 0.3) is 0 Å². The van der Waals surface area contributed by atoms with Crippen molar-refractivity contribution in [2.24, 2.45) is 17.6 Å². The zero-order valence-electron chi connectivity index (χ0n) is 8.48. The first kappa shape index (κ1) is 9.71. The van der Waals surface area contributed by atoms with Crippen LogP contribution in [0.5, 0.6) is 0 Å². The number of piperidine rings is 1. The standard InChI is InChI=1S/C11H18N2O/c1-2-10(14)13-6-8-4-3-5-9(7-13)11(8)12/h2,8-9,11H,1,3-7,12H2. The first-order valence-electron chi connectivity index (χ1n) is 5.39. The summed E-state index contributed by atoms with van der Waals surface area (Å²) in [5, 5.41) is 0. The van der Waals surface area contributed by atoms with E-state index in [2.05, 4.69) is 6.58 Å². The monoisotopic (exact) mass is 194 g/mol. The Morgan fingerprint density at radius 1 is 1.36 bits per heavy atom. The van der Waals surface area contributed by atoms with Crippen LogP contribution in [0.3, 0.4) is 0 Å². The van der Waals surface area contributed by atoms with Crippen molar-refractivity contribution in [1.82, 2.24) is 4.90 Å². The maximum absolute atomic E-state index is 11.5. The zero-order valence-corrected chi connectivity index (χ0v) is 8.48. The predicted molar refractivity (Wildman–Crippen MR) is 55.6 cm³/mol. The zero-order chi connectivity index (χ0) is 10.1. The number of likely N-dealkylation sites (tertiary alicyclic amines) is 1. The molecular formula is C11H18N2O. The Morgan fingerprint density at radius 3 is 2.43 bits per heavy atom. The van der Waals surface area contributed by atoms with Gasteiger partial charge in [0.1, 0.15) is 0 Å². The highest BCUT2D eigenvalue weighted by Gasteiger charge is 2.38. The second-order valence-electron chi connectivity index (χ2n) is 4.48. The number of fused-ring (bicyclic) bond motifs is 2. The van der Waals surface area contributed by atoms with Gasteiger partial charge in [0.25, 0.3) is 0 Å². The number of carbonyl (C=O) groups excluding carboxylic acids is 1. The van der Waals surface area contributed by atoms with Gasteiger partial charge in [-0.2, -0.15) is 0 Å². The fraction of sp³-hybridized carbons (Fsp3) is 0.727. The van der Waals surface area contributed by atoms with E-state index in [1.165, 1.54) is 25.3 Å². The highest BCUT2D eigenvalue weighted by atomic mass is 16.2. The summed E-state index contributed by atoms with van der Waals surface area (Å²) < 4.78 is 0. The van der Waals surface area contributed by atoms with Crippen LogP contribution in [0.1, 0.15) is 19.3 Å². The third kappa shape index (κ3) is 1.57. The quantitative estimate of drug-likeness (QED) is 0.626. The number of hydrogen-bond donors (Lipinski definition) is 1. The maximum Gasteiger partial charge on any atom is 0.245 e. The van der Waals surface area contributed by atoms with Crippen molar-refractivity contribution in [3.63, 3.8) is 0 Å². The molecule has 1 saturated heterocycles. The van der Waals surface area contributed by atoms with Crippen LogP contribution in [0.4, 0.5) is 0 Å². The lowest BCUT2D eigenvalue weighted by atomic mass is 9.74. The van der Waals surface area contributed by atoms with Crippen LogP contribution in [0.2, 0.25) is 0 Å². The Hall–Kier alpha value is -0.830.